The molecule has 0 atom stereocenters. The van der Waals surface area contributed by atoms with Gasteiger partial charge in [-0.05, 0) is 94.3 Å². The molecule has 0 aliphatic carbocycles. The number of carbonyl (C=O) groups is 1. The lowest BCUT2D eigenvalue weighted by molar-refractivity contribution is -0.119. The highest BCUT2D eigenvalue weighted by Crippen LogP contribution is 2.30. The minimum Gasteiger partial charge on any atom is -0.318 e. The summed E-state index contributed by atoms with van der Waals surface area (Å²) in [4.78, 5) is 13.0. The van der Waals surface area contributed by atoms with Crippen molar-refractivity contribution in [1.82, 2.24) is 9.99 Å². The number of hydrazone groups is 1. The standard InChI is InChI=1S/C30H30Cl2N4O3S/c1-19-6-8-29(9-7-19)40(38,39)35(27-15-25(31)14-26(32)16-27)18-30(37)34-33-17-24-13-22(4)36(23(24)5)28-11-20(2)10-21(3)12-28/h6-17H,18H2,1-5H3,(H,34,37)/b33-17-. The largest absolute Gasteiger partial charge is 0.318 e. The molecule has 0 unspecified atom stereocenters. The number of sulfonamides is 1. The number of hydrogen-bond acceptors (Lipinski definition) is 4. The highest BCUT2D eigenvalue weighted by atomic mass is 35.5. The van der Waals surface area contributed by atoms with Gasteiger partial charge in [-0.2, -0.15) is 5.10 Å². The monoisotopic (exact) mass is 596 g/mol. The van der Waals surface area contributed by atoms with Crippen LogP contribution in [0, 0.1) is 34.6 Å². The molecule has 40 heavy (non-hydrogen) atoms. The number of anilines is 1. The van der Waals surface area contributed by atoms with Gasteiger partial charge >= 0.3 is 0 Å². The molecular formula is C30H30Cl2N4O3S. The molecule has 0 spiro atoms. The van der Waals surface area contributed by atoms with Crippen LogP contribution in [0.15, 0.2) is 76.7 Å². The lowest BCUT2D eigenvalue weighted by Crippen LogP contribution is -2.39. The van der Waals surface area contributed by atoms with Gasteiger partial charge in [0.05, 0.1) is 16.8 Å². The second-order valence-corrected chi connectivity index (χ2v) is 12.5. The number of nitrogens with zero attached hydrogens (tertiary/aromatic N) is 3. The van der Waals surface area contributed by atoms with E-state index in [1.165, 1.54) is 30.3 Å². The molecule has 0 bridgehead atoms. The fourth-order valence-corrected chi connectivity index (χ4v) is 6.49. The van der Waals surface area contributed by atoms with Crippen molar-refractivity contribution < 1.29 is 13.2 Å². The number of hydrogen-bond donors (Lipinski definition) is 1. The van der Waals surface area contributed by atoms with Gasteiger partial charge in [0, 0.05) is 32.7 Å². The van der Waals surface area contributed by atoms with E-state index < -0.39 is 22.5 Å². The van der Waals surface area contributed by atoms with Crippen molar-refractivity contribution in [2.75, 3.05) is 10.8 Å². The Hall–Kier alpha value is -3.59. The fourth-order valence-electron chi connectivity index (χ4n) is 4.57. The summed E-state index contributed by atoms with van der Waals surface area (Å²) in [5.41, 5.74) is 9.69. The van der Waals surface area contributed by atoms with Crippen LogP contribution < -0.4 is 9.73 Å². The molecule has 3 aromatic carbocycles. The zero-order chi connectivity index (χ0) is 29.2. The van der Waals surface area contributed by atoms with E-state index in [0.29, 0.717) is 0 Å². The second-order valence-electron chi connectivity index (χ2n) is 9.75. The summed E-state index contributed by atoms with van der Waals surface area (Å²) in [7, 11) is -4.12. The topological polar surface area (TPSA) is 83.8 Å². The van der Waals surface area contributed by atoms with Crippen molar-refractivity contribution >= 4 is 51.0 Å². The zero-order valence-corrected chi connectivity index (χ0v) is 25.2. The van der Waals surface area contributed by atoms with Crippen LogP contribution in [0.3, 0.4) is 0 Å². The first-order valence-corrected chi connectivity index (χ1v) is 14.7. The smallest absolute Gasteiger partial charge is 0.264 e. The molecule has 0 aliphatic rings. The van der Waals surface area contributed by atoms with Gasteiger partial charge in [0.15, 0.2) is 0 Å². The van der Waals surface area contributed by atoms with Gasteiger partial charge in [0.1, 0.15) is 6.54 Å². The van der Waals surface area contributed by atoms with E-state index in [4.69, 9.17) is 23.2 Å². The normalized spacial score (nSPS) is 11.7. The molecular weight excluding hydrogens is 567 g/mol. The van der Waals surface area contributed by atoms with Crippen LogP contribution in [0.25, 0.3) is 5.69 Å². The molecule has 7 nitrogen and oxygen atoms in total. The van der Waals surface area contributed by atoms with Crippen molar-refractivity contribution in [1.29, 1.82) is 0 Å². The summed E-state index contributed by atoms with van der Waals surface area (Å²) >= 11 is 12.3. The van der Waals surface area contributed by atoms with E-state index in [1.807, 2.05) is 26.8 Å². The van der Waals surface area contributed by atoms with Crippen LogP contribution >= 0.6 is 23.2 Å². The summed E-state index contributed by atoms with van der Waals surface area (Å²) in [6.45, 7) is 9.42. The average Bonchev–Trinajstić information content (AvgIpc) is 3.14. The lowest BCUT2D eigenvalue weighted by atomic mass is 10.1. The number of amides is 1. The Morgan fingerprint density at radius 3 is 2.08 bits per heavy atom. The molecule has 10 heteroatoms. The minimum atomic E-state index is -4.12. The molecule has 4 aromatic rings. The molecule has 0 aliphatic heterocycles. The molecule has 0 saturated heterocycles. The van der Waals surface area contributed by atoms with Crippen molar-refractivity contribution in [3.8, 4) is 5.69 Å². The molecule has 1 amide bonds. The number of aryl methyl sites for hydroxylation is 4. The maximum Gasteiger partial charge on any atom is 0.264 e. The van der Waals surface area contributed by atoms with E-state index in [9.17, 15) is 13.2 Å². The highest BCUT2D eigenvalue weighted by molar-refractivity contribution is 7.92. The van der Waals surface area contributed by atoms with Gasteiger partial charge in [-0.15, -0.1) is 0 Å². The molecule has 0 saturated carbocycles. The number of aromatic nitrogens is 1. The number of rotatable bonds is 8. The number of carbonyl (C=O) groups excluding carboxylic acids is 1. The van der Waals surface area contributed by atoms with Gasteiger partial charge in [-0.3, -0.25) is 9.10 Å². The van der Waals surface area contributed by atoms with Crippen LogP contribution in [0.1, 0.15) is 33.6 Å². The first kappa shape index (κ1) is 29.4. The van der Waals surface area contributed by atoms with Crippen molar-refractivity contribution in [2.24, 2.45) is 5.10 Å². The van der Waals surface area contributed by atoms with E-state index in [1.54, 1.807) is 18.3 Å². The Kier molecular flexibility index (Phi) is 8.73. The van der Waals surface area contributed by atoms with E-state index in [2.05, 4.69) is 47.1 Å². The lowest BCUT2D eigenvalue weighted by Gasteiger charge is -2.24. The predicted octanol–water partition coefficient (Wildman–Crippen LogP) is 6.67. The van der Waals surface area contributed by atoms with Gasteiger partial charge in [-0.1, -0.05) is 47.0 Å². The highest BCUT2D eigenvalue weighted by Gasteiger charge is 2.28. The van der Waals surface area contributed by atoms with Crippen LogP contribution in [0.5, 0.6) is 0 Å². The van der Waals surface area contributed by atoms with Gasteiger partial charge in [0.2, 0.25) is 0 Å². The van der Waals surface area contributed by atoms with Crippen LogP contribution in [-0.4, -0.2) is 31.7 Å². The van der Waals surface area contributed by atoms with Crippen LogP contribution in [-0.2, 0) is 14.8 Å². The third-order valence-electron chi connectivity index (χ3n) is 6.36. The summed E-state index contributed by atoms with van der Waals surface area (Å²) < 4.78 is 30.3. The Morgan fingerprint density at radius 2 is 1.48 bits per heavy atom. The maximum absolute atomic E-state index is 13.6. The minimum absolute atomic E-state index is 0.0318. The summed E-state index contributed by atoms with van der Waals surface area (Å²) in [6, 6.07) is 19.1. The first-order chi connectivity index (χ1) is 18.8. The Labute approximate surface area is 245 Å². The Morgan fingerprint density at radius 1 is 0.875 bits per heavy atom. The summed E-state index contributed by atoms with van der Waals surface area (Å²) in [5.74, 6) is -0.633. The first-order valence-electron chi connectivity index (χ1n) is 12.5. The number of benzene rings is 3. The molecule has 0 radical (unpaired) electrons. The molecule has 1 aromatic heterocycles. The summed E-state index contributed by atoms with van der Waals surface area (Å²) in [5, 5.41) is 4.60. The van der Waals surface area contributed by atoms with E-state index in [0.717, 1.165) is 43.6 Å². The van der Waals surface area contributed by atoms with Crippen molar-refractivity contribution in [2.45, 2.75) is 39.5 Å². The van der Waals surface area contributed by atoms with E-state index >= 15 is 0 Å². The molecule has 1 N–H and O–H groups in total. The molecule has 208 valence electrons. The SMILES string of the molecule is Cc1ccc(S(=O)(=O)N(CC(=O)N/N=C\c2cc(C)n(-c3cc(C)cc(C)c3)c2C)c2cc(Cl)cc(Cl)c2)cc1. The van der Waals surface area contributed by atoms with Gasteiger partial charge in [0.25, 0.3) is 15.9 Å². The van der Waals surface area contributed by atoms with Crippen LogP contribution in [0.4, 0.5) is 5.69 Å². The third-order valence-corrected chi connectivity index (χ3v) is 8.58. The fraction of sp³-hybridized carbons (Fsp3) is 0.200. The maximum atomic E-state index is 13.6. The average molecular weight is 598 g/mol. The zero-order valence-electron chi connectivity index (χ0n) is 22.9. The quantitative estimate of drug-likeness (QED) is 0.182. The van der Waals surface area contributed by atoms with E-state index in [-0.39, 0.29) is 20.6 Å². The molecule has 0 fully saturated rings. The third kappa shape index (κ3) is 6.58. The molecule has 4 rings (SSSR count). The van der Waals surface area contributed by atoms with Crippen LogP contribution in [0.2, 0.25) is 10.0 Å². The Balaban J connectivity index is 1.58. The van der Waals surface area contributed by atoms with Crippen molar-refractivity contribution in [3.05, 3.63) is 110 Å². The Bertz CT molecular complexity index is 1670. The van der Waals surface area contributed by atoms with Crippen molar-refractivity contribution in [3.63, 3.8) is 0 Å². The number of nitrogens with one attached hydrogen (secondary N) is 1. The van der Waals surface area contributed by atoms with Gasteiger partial charge in [-0.25, -0.2) is 13.8 Å². The second kappa shape index (κ2) is 11.9. The summed E-state index contributed by atoms with van der Waals surface area (Å²) in [6.07, 6.45) is 1.55. The number of halogens is 2. The van der Waals surface area contributed by atoms with Gasteiger partial charge < -0.3 is 4.57 Å². The molecule has 1 heterocycles. The predicted molar refractivity (Wildman–Crippen MR) is 163 cm³/mol.